The summed E-state index contributed by atoms with van der Waals surface area (Å²) in [5.74, 6) is -0.265. The zero-order valence-electron chi connectivity index (χ0n) is 10.7. The zero-order chi connectivity index (χ0) is 15.0. The summed E-state index contributed by atoms with van der Waals surface area (Å²) in [5.41, 5.74) is 1.54. The molecule has 0 saturated carbocycles. The second-order valence-corrected chi connectivity index (χ2v) is 5.79. The van der Waals surface area contributed by atoms with Crippen molar-refractivity contribution in [3.05, 3.63) is 69.3 Å². The van der Waals surface area contributed by atoms with Crippen LogP contribution in [0.15, 0.2) is 53.1 Å². The molecule has 0 saturated heterocycles. The van der Waals surface area contributed by atoms with Crippen molar-refractivity contribution in [3.63, 3.8) is 0 Å². The van der Waals surface area contributed by atoms with Crippen LogP contribution in [-0.2, 0) is 0 Å². The number of nitrogens with zero attached hydrogens (tertiary/aromatic N) is 2. The van der Waals surface area contributed by atoms with E-state index in [2.05, 4.69) is 22.0 Å². The minimum Gasteiger partial charge on any atom is -0.282 e. The van der Waals surface area contributed by atoms with E-state index in [1.807, 2.05) is 18.2 Å². The zero-order valence-corrected chi connectivity index (χ0v) is 13.0. The largest absolute Gasteiger partial charge is 0.282 e. The Morgan fingerprint density at radius 2 is 2.00 bits per heavy atom. The molecule has 3 nitrogen and oxygen atoms in total. The Balaban J connectivity index is 2.23. The number of fused-ring (bicyclic) bond motifs is 1. The first-order chi connectivity index (χ1) is 10.1. The fraction of sp³-hybridized carbons (Fsp3) is 0. The number of carbonyl (C=O) groups excluding carboxylic acids is 1. The minimum atomic E-state index is -0.265. The number of para-hydroxylation sites is 1. The second-order valence-electron chi connectivity index (χ2n) is 4.47. The Kier molecular flexibility index (Phi) is 3.54. The highest BCUT2D eigenvalue weighted by atomic mass is 79.9. The van der Waals surface area contributed by atoms with E-state index in [-0.39, 0.29) is 5.91 Å². The molecule has 21 heavy (non-hydrogen) atoms. The van der Waals surface area contributed by atoms with Crippen LogP contribution in [0.25, 0.3) is 10.9 Å². The number of hydrogen-bond donors (Lipinski definition) is 0. The van der Waals surface area contributed by atoms with Crippen molar-refractivity contribution < 1.29 is 4.79 Å². The summed E-state index contributed by atoms with van der Waals surface area (Å²) in [6.45, 7) is 0. The minimum absolute atomic E-state index is 0.265. The van der Waals surface area contributed by atoms with Crippen molar-refractivity contribution in [2.45, 2.75) is 0 Å². The quantitative estimate of drug-likeness (QED) is 0.636. The van der Waals surface area contributed by atoms with E-state index in [0.717, 1.165) is 9.86 Å². The molecule has 2 aromatic carbocycles. The smallest absolute Gasteiger partial charge is 0.263 e. The maximum Gasteiger partial charge on any atom is 0.263 e. The molecule has 0 atom stereocenters. The van der Waals surface area contributed by atoms with Gasteiger partial charge in [-0.1, -0.05) is 45.7 Å². The molecule has 0 radical (unpaired) electrons. The lowest BCUT2D eigenvalue weighted by Gasteiger charge is -2.06. The molecule has 102 valence electrons. The van der Waals surface area contributed by atoms with Crippen molar-refractivity contribution >= 4 is 44.3 Å². The lowest BCUT2D eigenvalue weighted by Crippen LogP contribution is -2.11. The van der Waals surface area contributed by atoms with Gasteiger partial charge in [-0.3, -0.25) is 9.36 Å². The van der Waals surface area contributed by atoms with E-state index in [1.54, 1.807) is 30.5 Å². The first kappa shape index (κ1) is 13.9. The van der Waals surface area contributed by atoms with Gasteiger partial charge in [0.15, 0.2) is 0 Å². The van der Waals surface area contributed by atoms with Crippen molar-refractivity contribution in [3.8, 4) is 6.07 Å². The molecular formula is C16H8BrClN2O. The molecule has 3 aromatic rings. The van der Waals surface area contributed by atoms with Gasteiger partial charge in [-0.25, -0.2) is 0 Å². The van der Waals surface area contributed by atoms with E-state index < -0.39 is 0 Å². The van der Waals surface area contributed by atoms with E-state index in [4.69, 9.17) is 11.6 Å². The van der Waals surface area contributed by atoms with Crippen LogP contribution >= 0.6 is 27.5 Å². The number of benzene rings is 2. The van der Waals surface area contributed by atoms with Gasteiger partial charge in [0.1, 0.15) is 6.07 Å². The summed E-state index contributed by atoms with van der Waals surface area (Å²) in [4.78, 5) is 12.7. The van der Waals surface area contributed by atoms with Crippen LogP contribution < -0.4 is 0 Å². The fourth-order valence-electron chi connectivity index (χ4n) is 2.23. The molecule has 0 spiro atoms. The molecule has 0 aliphatic carbocycles. The first-order valence-corrected chi connectivity index (χ1v) is 7.29. The molecule has 5 heteroatoms. The van der Waals surface area contributed by atoms with Gasteiger partial charge in [0.25, 0.3) is 5.91 Å². The average molecular weight is 360 g/mol. The van der Waals surface area contributed by atoms with Crippen molar-refractivity contribution in [1.29, 1.82) is 5.26 Å². The summed E-state index contributed by atoms with van der Waals surface area (Å²) < 4.78 is 2.23. The van der Waals surface area contributed by atoms with Gasteiger partial charge >= 0.3 is 0 Å². The Hall–Kier alpha value is -2.09. The number of rotatable bonds is 1. The molecule has 1 aromatic heterocycles. The van der Waals surface area contributed by atoms with E-state index in [9.17, 15) is 10.1 Å². The number of nitriles is 1. The maximum atomic E-state index is 12.7. The number of hydrogen-bond acceptors (Lipinski definition) is 2. The predicted molar refractivity (Wildman–Crippen MR) is 85.5 cm³/mol. The van der Waals surface area contributed by atoms with Gasteiger partial charge in [0, 0.05) is 16.1 Å². The lowest BCUT2D eigenvalue weighted by atomic mass is 10.2. The second kappa shape index (κ2) is 5.36. The van der Waals surface area contributed by atoms with Gasteiger partial charge in [-0.05, 0) is 24.3 Å². The van der Waals surface area contributed by atoms with E-state index in [1.165, 1.54) is 4.57 Å². The Morgan fingerprint density at radius 1 is 1.24 bits per heavy atom. The topological polar surface area (TPSA) is 45.8 Å². The van der Waals surface area contributed by atoms with Crippen LogP contribution in [0, 0.1) is 11.3 Å². The molecule has 0 N–H and O–H groups in total. The summed E-state index contributed by atoms with van der Waals surface area (Å²) in [6, 6.07) is 14.5. The lowest BCUT2D eigenvalue weighted by molar-refractivity contribution is 0.0965. The van der Waals surface area contributed by atoms with E-state index in [0.29, 0.717) is 21.7 Å². The third-order valence-corrected chi connectivity index (χ3v) is 4.03. The Labute approximate surface area is 134 Å². The SMILES string of the molecule is N#Cc1cn(C(=O)c2cc(Br)ccc2Cl)c2ccccc12. The van der Waals surface area contributed by atoms with Crippen LogP contribution in [0.2, 0.25) is 5.02 Å². The molecular weight excluding hydrogens is 352 g/mol. The van der Waals surface area contributed by atoms with Crippen molar-refractivity contribution in [2.24, 2.45) is 0 Å². The highest BCUT2D eigenvalue weighted by molar-refractivity contribution is 9.10. The molecule has 0 aliphatic heterocycles. The normalized spacial score (nSPS) is 10.5. The third kappa shape index (κ3) is 2.35. The summed E-state index contributed by atoms with van der Waals surface area (Å²) >= 11 is 9.45. The number of halogens is 2. The average Bonchev–Trinajstić information content (AvgIpc) is 2.88. The maximum absolute atomic E-state index is 12.7. The van der Waals surface area contributed by atoms with Crippen LogP contribution in [0.1, 0.15) is 15.9 Å². The summed E-state index contributed by atoms with van der Waals surface area (Å²) in [7, 11) is 0. The summed E-state index contributed by atoms with van der Waals surface area (Å²) in [6.07, 6.45) is 1.55. The van der Waals surface area contributed by atoms with Gasteiger partial charge in [-0.15, -0.1) is 0 Å². The first-order valence-electron chi connectivity index (χ1n) is 6.12. The van der Waals surface area contributed by atoms with Crippen LogP contribution in [0.4, 0.5) is 0 Å². The molecule has 0 amide bonds. The number of carbonyl (C=O) groups is 1. The van der Waals surface area contributed by atoms with Crippen molar-refractivity contribution in [2.75, 3.05) is 0 Å². The van der Waals surface area contributed by atoms with Crippen LogP contribution in [0.5, 0.6) is 0 Å². The highest BCUT2D eigenvalue weighted by Crippen LogP contribution is 2.26. The van der Waals surface area contributed by atoms with E-state index >= 15 is 0 Å². The van der Waals surface area contributed by atoms with Crippen LogP contribution in [0.3, 0.4) is 0 Å². The van der Waals surface area contributed by atoms with Gasteiger partial charge in [0.2, 0.25) is 0 Å². The molecule has 0 unspecified atom stereocenters. The molecule has 3 rings (SSSR count). The predicted octanol–water partition coefficient (Wildman–Crippen LogP) is 4.62. The molecule has 1 heterocycles. The number of aromatic nitrogens is 1. The fourth-order valence-corrected chi connectivity index (χ4v) is 2.79. The van der Waals surface area contributed by atoms with Crippen LogP contribution in [-0.4, -0.2) is 10.5 Å². The van der Waals surface area contributed by atoms with Crippen molar-refractivity contribution in [1.82, 2.24) is 4.57 Å². The summed E-state index contributed by atoms with van der Waals surface area (Å²) in [5, 5.41) is 10.3. The Bertz CT molecular complexity index is 908. The molecule has 0 fully saturated rings. The van der Waals surface area contributed by atoms with Gasteiger partial charge < -0.3 is 0 Å². The molecule has 0 aliphatic rings. The molecule has 0 bridgehead atoms. The standard InChI is InChI=1S/C16H8BrClN2O/c17-11-5-6-14(18)13(7-11)16(21)20-9-10(8-19)12-3-1-2-4-15(12)20/h1-7,9H. The van der Waals surface area contributed by atoms with Gasteiger partial charge in [0.05, 0.1) is 21.7 Å². The Morgan fingerprint density at radius 3 is 2.76 bits per heavy atom. The third-order valence-electron chi connectivity index (χ3n) is 3.21. The monoisotopic (exact) mass is 358 g/mol. The highest BCUT2D eigenvalue weighted by Gasteiger charge is 2.17. The van der Waals surface area contributed by atoms with Gasteiger partial charge in [-0.2, -0.15) is 5.26 Å².